The summed E-state index contributed by atoms with van der Waals surface area (Å²) in [6.07, 6.45) is -0.547. The van der Waals surface area contributed by atoms with Crippen LogP contribution in [0, 0.1) is 0 Å². The van der Waals surface area contributed by atoms with Crippen molar-refractivity contribution in [3.05, 3.63) is 199 Å². The number of rotatable bonds is 4. The van der Waals surface area contributed by atoms with Gasteiger partial charge in [0.1, 0.15) is 17.3 Å². The van der Waals surface area contributed by atoms with Gasteiger partial charge in [0.25, 0.3) is 0 Å². The molecule has 1 N–H and O–H groups in total. The van der Waals surface area contributed by atoms with Gasteiger partial charge in [-0.15, -0.1) is 0 Å². The number of amidine groups is 2. The zero-order valence-corrected chi connectivity index (χ0v) is 30.1. The zero-order chi connectivity index (χ0) is 36.7. The largest absolute Gasteiger partial charge is 0.453 e. The summed E-state index contributed by atoms with van der Waals surface area (Å²) in [5.74, 6) is 1.54. The van der Waals surface area contributed by atoms with E-state index in [2.05, 4.69) is 174 Å². The van der Waals surface area contributed by atoms with Gasteiger partial charge in [-0.1, -0.05) is 152 Å². The van der Waals surface area contributed by atoms with Crippen LogP contribution in [0.5, 0.6) is 0 Å². The van der Waals surface area contributed by atoms with Crippen LogP contribution in [0.25, 0.3) is 81.7 Å². The van der Waals surface area contributed by atoms with Crippen molar-refractivity contribution in [3.8, 4) is 5.69 Å². The minimum atomic E-state index is -0.547. The fraction of sp³-hybridized carbons (Fsp3) is 0.0196. The van der Waals surface area contributed by atoms with Crippen molar-refractivity contribution in [2.45, 2.75) is 6.17 Å². The summed E-state index contributed by atoms with van der Waals surface area (Å²) in [7, 11) is 0. The van der Waals surface area contributed by atoms with Gasteiger partial charge in [-0.25, -0.2) is 9.98 Å². The number of aromatic nitrogens is 1. The first kappa shape index (κ1) is 30.9. The summed E-state index contributed by atoms with van der Waals surface area (Å²) in [6, 6.07) is 64.4. The van der Waals surface area contributed by atoms with E-state index in [-0.39, 0.29) is 0 Å². The van der Waals surface area contributed by atoms with E-state index in [1.165, 1.54) is 26.9 Å². The molecular weight excluding hydrogens is 685 g/mol. The second kappa shape index (κ2) is 12.0. The van der Waals surface area contributed by atoms with Crippen molar-refractivity contribution in [1.29, 1.82) is 0 Å². The molecule has 0 fully saturated rings. The van der Waals surface area contributed by atoms with E-state index < -0.39 is 6.17 Å². The Kier molecular flexibility index (Phi) is 6.63. The Morgan fingerprint density at radius 1 is 0.411 bits per heavy atom. The Morgan fingerprint density at radius 2 is 1.04 bits per heavy atom. The van der Waals surface area contributed by atoms with Crippen LogP contribution in [0.4, 0.5) is 0 Å². The topological polar surface area (TPSA) is 54.8 Å². The van der Waals surface area contributed by atoms with Gasteiger partial charge in [-0.3, -0.25) is 0 Å². The third-order valence-electron chi connectivity index (χ3n) is 11.4. The van der Waals surface area contributed by atoms with Crippen LogP contribution in [-0.4, -0.2) is 16.2 Å². The van der Waals surface area contributed by atoms with Crippen molar-refractivity contribution in [1.82, 2.24) is 9.88 Å². The summed E-state index contributed by atoms with van der Waals surface area (Å²) >= 11 is 0. The van der Waals surface area contributed by atoms with Gasteiger partial charge >= 0.3 is 0 Å². The lowest BCUT2D eigenvalue weighted by atomic mass is 10.0. The van der Waals surface area contributed by atoms with Crippen LogP contribution >= 0.6 is 0 Å². The summed E-state index contributed by atoms with van der Waals surface area (Å²) in [6.45, 7) is 0. The van der Waals surface area contributed by atoms with Gasteiger partial charge in [0.2, 0.25) is 0 Å². The Hall–Kier alpha value is -7.50. The summed E-state index contributed by atoms with van der Waals surface area (Å²) in [4.78, 5) is 10.6. The van der Waals surface area contributed by atoms with Gasteiger partial charge in [-0.2, -0.15) is 0 Å². The first-order chi connectivity index (χ1) is 27.7. The van der Waals surface area contributed by atoms with Gasteiger partial charge in [-0.05, 0) is 57.3 Å². The summed E-state index contributed by atoms with van der Waals surface area (Å²) < 4.78 is 9.66. The zero-order valence-electron chi connectivity index (χ0n) is 30.1. The molecular formula is C51H32N4O. The van der Waals surface area contributed by atoms with Crippen molar-refractivity contribution in [2.75, 3.05) is 0 Å². The number of fused-ring (bicyclic) bond motifs is 9. The average Bonchev–Trinajstić information content (AvgIpc) is 3.79. The normalized spacial score (nSPS) is 14.6. The van der Waals surface area contributed by atoms with Crippen molar-refractivity contribution >= 4 is 87.7 Å². The predicted octanol–water partition coefficient (Wildman–Crippen LogP) is 12.6. The maximum Gasteiger partial charge on any atom is 0.173 e. The minimum absolute atomic E-state index is 0.547. The quantitative estimate of drug-likeness (QED) is 0.197. The molecule has 1 atom stereocenters. The summed E-state index contributed by atoms with van der Waals surface area (Å²) in [5, 5.41) is 15.1. The van der Waals surface area contributed by atoms with Gasteiger partial charge in [0.15, 0.2) is 11.7 Å². The Morgan fingerprint density at radius 3 is 1.86 bits per heavy atom. The molecule has 5 nitrogen and oxygen atoms in total. The molecule has 0 bridgehead atoms. The van der Waals surface area contributed by atoms with E-state index in [9.17, 15) is 0 Å². The molecule has 5 heteroatoms. The van der Waals surface area contributed by atoms with Crippen LogP contribution < -0.4 is 5.32 Å². The number of furan rings is 1. The van der Waals surface area contributed by atoms with Crippen LogP contribution in [0.1, 0.15) is 22.9 Å². The standard InChI is InChI=1S/C51H32N4O/c1-2-14-32(15-3-1)49-52-50(37-26-25-31-13-4-5-16-33(31)27-37)54-51(53-49)41-23-12-22-40-43-29-36-19-8-9-20-38(36)46(48(43)56-47(40)41)55-44-24-11-10-21-39(44)42-28-34-17-6-7-18-35(34)30-45(42)55/h1-30,51H,(H,52,53,54). The molecule has 262 valence electrons. The fourth-order valence-electron chi connectivity index (χ4n) is 8.73. The number of hydrogen-bond donors (Lipinski definition) is 1. The molecule has 11 aromatic rings. The number of para-hydroxylation sites is 2. The Balaban J connectivity index is 1.14. The van der Waals surface area contributed by atoms with Crippen LogP contribution in [-0.2, 0) is 0 Å². The first-order valence-corrected chi connectivity index (χ1v) is 19.0. The highest BCUT2D eigenvalue weighted by atomic mass is 16.3. The second-order valence-electron chi connectivity index (χ2n) is 14.6. The van der Waals surface area contributed by atoms with Gasteiger partial charge in [0, 0.05) is 43.6 Å². The highest BCUT2D eigenvalue weighted by molar-refractivity contribution is 6.20. The minimum Gasteiger partial charge on any atom is -0.453 e. The fourth-order valence-corrected chi connectivity index (χ4v) is 8.73. The Bertz CT molecular complexity index is 3460. The molecule has 0 aliphatic carbocycles. The lowest BCUT2D eigenvalue weighted by Crippen LogP contribution is -2.36. The first-order valence-electron chi connectivity index (χ1n) is 19.0. The van der Waals surface area contributed by atoms with E-state index in [0.29, 0.717) is 0 Å². The molecule has 9 aromatic carbocycles. The van der Waals surface area contributed by atoms with Gasteiger partial charge in [0.05, 0.1) is 16.7 Å². The lowest BCUT2D eigenvalue weighted by molar-refractivity contribution is 0.647. The van der Waals surface area contributed by atoms with Crippen molar-refractivity contribution in [2.24, 2.45) is 9.98 Å². The third-order valence-corrected chi connectivity index (χ3v) is 11.4. The van der Waals surface area contributed by atoms with Crippen LogP contribution in [0.2, 0.25) is 0 Å². The number of nitrogens with zero attached hydrogens (tertiary/aromatic N) is 3. The molecule has 3 heterocycles. The monoisotopic (exact) mass is 716 g/mol. The number of benzene rings is 9. The highest BCUT2D eigenvalue weighted by Crippen LogP contribution is 2.44. The number of nitrogens with one attached hydrogen (secondary N) is 1. The maximum absolute atomic E-state index is 7.24. The molecule has 0 amide bonds. The lowest BCUT2D eigenvalue weighted by Gasteiger charge is -2.22. The molecule has 0 radical (unpaired) electrons. The van der Waals surface area contributed by atoms with Gasteiger partial charge < -0.3 is 14.3 Å². The van der Waals surface area contributed by atoms with Crippen LogP contribution in [0.3, 0.4) is 0 Å². The molecule has 0 saturated heterocycles. The number of aliphatic imine (C=N–C) groups is 2. The summed E-state index contributed by atoms with van der Waals surface area (Å²) in [5.41, 5.74) is 7.84. The molecule has 1 aliphatic rings. The molecule has 1 aliphatic heterocycles. The van der Waals surface area contributed by atoms with Crippen molar-refractivity contribution in [3.63, 3.8) is 0 Å². The van der Waals surface area contributed by atoms with E-state index in [0.717, 1.165) is 83.2 Å². The molecule has 12 rings (SSSR count). The van der Waals surface area contributed by atoms with E-state index in [4.69, 9.17) is 14.4 Å². The molecule has 0 saturated carbocycles. The third kappa shape index (κ3) is 4.67. The Labute approximate surface area is 321 Å². The van der Waals surface area contributed by atoms with E-state index in [1.807, 2.05) is 18.2 Å². The second-order valence-corrected chi connectivity index (χ2v) is 14.6. The van der Waals surface area contributed by atoms with E-state index >= 15 is 0 Å². The average molecular weight is 717 g/mol. The molecule has 2 aromatic heterocycles. The molecule has 1 unspecified atom stereocenters. The SMILES string of the molecule is c1ccc(C2=NC(c3cccc4c3oc3c(-n5c6ccccc6c6cc7ccccc7cc65)c5ccccc5cc34)N=C(c3ccc4ccccc4c3)N2)cc1. The highest BCUT2D eigenvalue weighted by Gasteiger charge is 2.26. The maximum atomic E-state index is 7.24. The molecule has 56 heavy (non-hydrogen) atoms. The number of hydrogen-bond acceptors (Lipinski definition) is 4. The molecule has 0 spiro atoms. The van der Waals surface area contributed by atoms with Crippen molar-refractivity contribution < 1.29 is 4.42 Å². The predicted molar refractivity (Wildman–Crippen MR) is 232 cm³/mol. The smallest absolute Gasteiger partial charge is 0.173 e. The van der Waals surface area contributed by atoms with Crippen LogP contribution in [0.15, 0.2) is 196 Å². The van der Waals surface area contributed by atoms with E-state index in [1.54, 1.807) is 0 Å².